The van der Waals surface area contributed by atoms with Gasteiger partial charge in [0, 0.05) is 29.2 Å². The van der Waals surface area contributed by atoms with E-state index in [0.29, 0.717) is 28.6 Å². The molecule has 2 aromatic carbocycles. The molecule has 0 radical (unpaired) electrons. The number of nitrogens with one attached hydrogen (secondary N) is 1. The molecule has 0 bridgehead atoms. The van der Waals surface area contributed by atoms with Gasteiger partial charge in [-0.15, -0.1) is 10.2 Å². The number of pyridine rings is 1. The first-order valence-electron chi connectivity index (χ1n) is 10.4. The van der Waals surface area contributed by atoms with Crippen LogP contribution in [0.1, 0.15) is 5.56 Å². The van der Waals surface area contributed by atoms with E-state index in [1.165, 1.54) is 6.07 Å². The number of hydrogen-bond donors (Lipinski definition) is 1. The van der Waals surface area contributed by atoms with E-state index >= 15 is 0 Å². The number of sulfonamides is 1. The van der Waals surface area contributed by atoms with Gasteiger partial charge >= 0.3 is 0 Å². The number of fused-ring (bicyclic) bond motifs is 1. The molecule has 3 aromatic heterocycles. The van der Waals surface area contributed by atoms with Gasteiger partial charge in [-0.3, -0.25) is 9.71 Å². The third-order valence-electron chi connectivity index (χ3n) is 5.29. The Kier molecular flexibility index (Phi) is 5.42. The predicted octanol–water partition coefficient (Wildman–Crippen LogP) is 3.97. The van der Waals surface area contributed by atoms with Crippen LogP contribution < -0.4 is 9.46 Å². The predicted molar refractivity (Wildman–Crippen MR) is 128 cm³/mol. The van der Waals surface area contributed by atoms with Crippen LogP contribution in [0.2, 0.25) is 0 Å². The van der Waals surface area contributed by atoms with Crippen LogP contribution in [0.5, 0.6) is 5.75 Å². The molecule has 0 fully saturated rings. The summed E-state index contributed by atoms with van der Waals surface area (Å²) < 4.78 is 35.1. The van der Waals surface area contributed by atoms with Crippen LogP contribution in [0.3, 0.4) is 0 Å². The number of rotatable bonds is 6. The van der Waals surface area contributed by atoms with Crippen molar-refractivity contribution in [1.29, 1.82) is 0 Å². The van der Waals surface area contributed by atoms with Crippen LogP contribution in [0.25, 0.3) is 28.3 Å². The Hall–Kier alpha value is -4.31. The monoisotopic (exact) mass is 472 g/mol. The number of aromatic nitrogens is 5. The average molecular weight is 473 g/mol. The normalized spacial score (nSPS) is 11.5. The maximum absolute atomic E-state index is 12.8. The van der Waals surface area contributed by atoms with Crippen molar-refractivity contribution in [3.8, 4) is 28.4 Å². The zero-order valence-corrected chi connectivity index (χ0v) is 19.2. The number of methoxy groups -OCH3 is 1. The fraction of sp³-hybridized carbons (Fsp3) is 0.0833. The van der Waals surface area contributed by atoms with Crippen molar-refractivity contribution in [2.75, 3.05) is 11.8 Å². The van der Waals surface area contributed by atoms with E-state index in [1.807, 2.05) is 24.3 Å². The van der Waals surface area contributed by atoms with E-state index in [9.17, 15) is 8.42 Å². The lowest BCUT2D eigenvalue weighted by molar-refractivity contribution is 0.411. The third-order valence-corrected chi connectivity index (χ3v) is 6.67. The van der Waals surface area contributed by atoms with E-state index < -0.39 is 10.0 Å². The quantitative estimate of drug-likeness (QED) is 0.398. The maximum atomic E-state index is 12.8. The zero-order valence-electron chi connectivity index (χ0n) is 18.4. The number of ether oxygens (including phenoxy) is 1. The fourth-order valence-corrected chi connectivity index (χ4v) is 4.70. The molecule has 0 unspecified atom stereocenters. The summed E-state index contributed by atoms with van der Waals surface area (Å²) in [6.07, 6.45) is 3.40. The molecule has 170 valence electrons. The van der Waals surface area contributed by atoms with E-state index in [-0.39, 0.29) is 4.90 Å². The molecule has 34 heavy (non-hydrogen) atoms. The molecule has 1 N–H and O–H groups in total. The third kappa shape index (κ3) is 4.06. The lowest BCUT2D eigenvalue weighted by Crippen LogP contribution is -2.13. The number of hydrogen-bond acceptors (Lipinski definition) is 7. The lowest BCUT2D eigenvalue weighted by atomic mass is 10.1. The fourth-order valence-electron chi connectivity index (χ4n) is 3.56. The standard InChI is InChI=1S/C24H20N6O3S/c1-16-14-20(9-11-22(16)33-2)34(31,32)29-19-7-5-17(6-8-19)21-10-12-23-26-27-24(30(23)28-21)18-4-3-13-25-15-18/h3-15,29H,1-2H3. The summed E-state index contributed by atoms with van der Waals surface area (Å²) >= 11 is 0. The van der Waals surface area contributed by atoms with Crippen LogP contribution >= 0.6 is 0 Å². The van der Waals surface area contributed by atoms with Crippen LogP contribution in [0.15, 0.2) is 84.0 Å². The summed E-state index contributed by atoms with van der Waals surface area (Å²) in [4.78, 5) is 4.30. The Balaban J connectivity index is 1.41. The average Bonchev–Trinajstić information content (AvgIpc) is 3.28. The second-order valence-electron chi connectivity index (χ2n) is 7.57. The first-order valence-corrected chi connectivity index (χ1v) is 11.8. The van der Waals surface area contributed by atoms with Crippen molar-refractivity contribution in [2.45, 2.75) is 11.8 Å². The van der Waals surface area contributed by atoms with E-state index in [4.69, 9.17) is 4.74 Å². The molecule has 0 saturated heterocycles. The number of aryl methyl sites for hydroxylation is 1. The molecule has 0 aliphatic rings. The molecule has 0 aliphatic heterocycles. The molecule has 10 heteroatoms. The summed E-state index contributed by atoms with van der Waals surface area (Å²) in [5, 5.41) is 13.1. The van der Waals surface area contributed by atoms with Gasteiger partial charge in [-0.25, -0.2) is 8.42 Å². The number of nitrogens with zero attached hydrogens (tertiary/aromatic N) is 5. The highest BCUT2D eigenvalue weighted by atomic mass is 32.2. The Morgan fingerprint density at radius 1 is 0.941 bits per heavy atom. The minimum absolute atomic E-state index is 0.164. The van der Waals surface area contributed by atoms with Gasteiger partial charge in [0.25, 0.3) is 10.0 Å². The molecular formula is C24H20N6O3S. The highest BCUT2D eigenvalue weighted by Crippen LogP contribution is 2.25. The van der Waals surface area contributed by atoms with Gasteiger partial charge in [0.2, 0.25) is 0 Å². The Bertz CT molecular complexity index is 1580. The highest BCUT2D eigenvalue weighted by molar-refractivity contribution is 7.92. The van der Waals surface area contributed by atoms with E-state index in [2.05, 4.69) is 25.0 Å². The molecule has 0 aliphatic carbocycles. The van der Waals surface area contributed by atoms with Gasteiger partial charge in [-0.2, -0.15) is 9.61 Å². The summed E-state index contributed by atoms with van der Waals surface area (Å²) in [5.41, 5.74) is 4.11. The minimum atomic E-state index is -3.74. The second-order valence-corrected chi connectivity index (χ2v) is 9.25. The molecule has 0 saturated carbocycles. The van der Waals surface area contributed by atoms with Crippen LogP contribution in [0.4, 0.5) is 5.69 Å². The molecule has 0 atom stereocenters. The van der Waals surface area contributed by atoms with Crippen molar-refractivity contribution in [2.24, 2.45) is 0 Å². The Morgan fingerprint density at radius 3 is 2.47 bits per heavy atom. The van der Waals surface area contributed by atoms with Gasteiger partial charge < -0.3 is 4.74 Å². The van der Waals surface area contributed by atoms with Crippen molar-refractivity contribution < 1.29 is 13.2 Å². The first kappa shape index (κ1) is 21.5. The molecular weight excluding hydrogens is 452 g/mol. The summed E-state index contributed by atoms with van der Waals surface area (Å²) in [5.74, 6) is 1.22. The highest BCUT2D eigenvalue weighted by Gasteiger charge is 2.16. The molecule has 0 spiro atoms. The van der Waals surface area contributed by atoms with Crippen molar-refractivity contribution in [3.63, 3.8) is 0 Å². The molecule has 5 rings (SSSR count). The van der Waals surface area contributed by atoms with Gasteiger partial charge in [0.05, 0.1) is 17.7 Å². The van der Waals surface area contributed by atoms with Crippen LogP contribution in [-0.4, -0.2) is 40.3 Å². The number of benzene rings is 2. The summed E-state index contributed by atoms with van der Waals surface area (Å²) in [6.45, 7) is 1.80. The zero-order chi connectivity index (χ0) is 23.7. The summed E-state index contributed by atoms with van der Waals surface area (Å²) in [7, 11) is -2.20. The SMILES string of the molecule is COc1ccc(S(=O)(=O)Nc2ccc(-c3ccc4nnc(-c5cccnc5)n4n3)cc2)cc1C. The van der Waals surface area contributed by atoms with Gasteiger partial charge in [-0.05, 0) is 67.1 Å². The topological polar surface area (TPSA) is 111 Å². The van der Waals surface area contributed by atoms with Crippen LogP contribution in [-0.2, 0) is 10.0 Å². The van der Waals surface area contributed by atoms with Crippen LogP contribution in [0, 0.1) is 6.92 Å². The largest absolute Gasteiger partial charge is 0.496 e. The van der Waals surface area contributed by atoms with Gasteiger partial charge in [0.15, 0.2) is 11.5 Å². The molecule has 0 amide bonds. The van der Waals surface area contributed by atoms with Crippen molar-refractivity contribution >= 4 is 21.4 Å². The van der Waals surface area contributed by atoms with Crippen molar-refractivity contribution in [3.05, 3.63) is 84.7 Å². The van der Waals surface area contributed by atoms with E-state index in [1.54, 1.807) is 67.3 Å². The van der Waals surface area contributed by atoms with Gasteiger partial charge in [0.1, 0.15) is 5.75 Å². The second kappa shape index (κ2) is 8.56. The molecule has 5 aromatic rings. The van der Waals surface area contributed by atoms with E-state index in [0.717, 1.165) is 16.7 Å². The lowest BCUT2D eigenvalue weighted by Gasteiger charge is -2.11. The van der Waals surface area contributed by atoms with Gasteiger partial charge in [-0.1, -0.05) is 12.1 Å². The smallest absolute Gasteiger partial charge is 0.261 e. The molecule has 3 heterocycles. The Labute approximate surface area is 196 Å². The minimum Gasteiger partial charge on any atom is -0.496 e. The Morgan fingerprint density at radius 2 is 1.76 bits per heavy atom. The van der Waals surface area contributed by atoms with Crippen molar-refractivity contribution in [1.82, 2.24) is 24.8 Å². The maximum Gasteiger partial charge on any atom is 0.261 e. The summed E-state index contributed by atoms with van der Waals surface area (Å²) in [6, 6.07) is 19.1. The first-order chi connectivity index (χ1) is 16.4. The number of anilines is 1. The molecule has 9 nitrogen and oxygen atoms in total.